The molecule has 1 saturated carbocycles. The van der Waals surface area contributed by atoms with Gasteiger partial charge < -0.3 is 5.32 Å². The summed E-state index contributed by atoms with van der Waals surface area (Å²) in [5, 5.41) is 7.14. The summed E-state index contributed by atoms with van der Waals surface area (Å²) in [6.07, 6.45) is 3.22. The second-order valence-electron chi connectivity index (χ2n) is 4.82. The van der Waals surface area contributed by atoms with Crippen molar-refractivity contribution in [1.82, 2.24) is 5.32 Å². The van der Waals surface area contributed by atoms with Gasteiger partial charge in [-0.05, 0) is 30.9 Å². The molecule has 8 heteroatoms. The lowest BCUT2D eigenvalue weighted by molar-refractivity contribution is 0.0938. The maximum Gasteiger partial charge on any atom is 0.252 e. The van der Waals surface area contributed by atoms with Crippen LogP contribution >= 0.6 is 11.6 Å². The molecule has 0 radical (unpaired) electrons. The molecule has 1 amide bonds. The number of benzene rings is 1. The number of nitrogens with one attached hydrogen (secondary N) is 1. The molecular formula is C12H14ClFN2O3S. The number of rotatable bonds is 4. The SMILES string of the molecule is NS(=O)(=O)c1cc(F)c(Cl)c(C(=O)NCC2CCC2)c1. The lowest BCUT2D eigenvalue weighted by Gasteiger charge is -2.25. The molecule has 0 aliphatic heterocycles. The first kappa shape index (κ1) is 15.2. The maximum atomic E-state index is 13.6. The number of hydrogen-bond acceptors (Lipinski definition) is 3. The summed E-state index contributed by atoms with van der Waals surface area (Å²) in [5.41, 5.74) is -0.227. The molecule has 0 unspecified atom stereocenters. The Kier molecular flexibility index (Phi) is 4.31. The lowest BCUT2D eigenvalue weighted by Crippen LogP contribution is -2.32. The summed E-state index contributed by atoms with van der Waals surface area (Å²) < 4.78 is 36.0. The van der Waals surface area contributed by atoms with Gasteiger partial charge in [0.1, 0.15) is 5.82 Å². The van der Waals surface area contributed by atoms with E-state index < -0.39 is 31.7 Å². The largest absolute Gasteiger partial charge is 0.352 e. The fraction of sp³-hybridized carbons (Fsp3) is 0.417. The molecule has 1 fully saturated rings. The van der Waals surface area contributed by atoms with Crippen LogP contribution in [0.4, 0.5) is 4.39 Å². The summed E-state index contributed by atoms with van der Waals surface area (Å²) in [6.45, 7) is 0.469. The first-order valence-electron chi connectivity index (χ1n) is 6.09. The van der Waals surface area contributed by atoms with Crippen LogP contribution in [0.25, 0.3) is 0 Å². The number of primary sulfonamides is 1. The van der Waals surface area contributed by atoms with Crippen molar-refractivity contribution in [2.24, 2.45) is 11.1 Å². The average Bonchev–Trinajstić information content (AvgIpc) is 2.28. The van der Waals surface area contributed by atoms with Gasteiger partial charge in [0, 0.05) is 6.54 Å². The molecule has 0 heterocycles. The Bertz CT molecular complexity index is 644. The summed E-state index contributed by atoms with van der Waals surface area (Å²) >= 11 is 5.70. The Morgan fingerprint density at radius 1 is 1.45 bits per heavy atom. The van der Waals surface area contributed by atoms with E-state index in [1.54, 1.807) is 0 Å². The molecule has 1 aliphatic carbocycles. The quantitative estimate of drug-likeness (QED) is 0.884. The Morgan fingerprint density at radius 3 is 2.60 bits per heavy atom. The highest BCUT2D eigenvalue weighted by molar-refractivity contribution is 7.89. The number of halogens is 2. The molecule has 110 valence electrons. The molecule has 1 aliphatic rings. The number of carbonyl (C=O) groups excluding carboxylic acids is 1. The second-order valence-corrected chi connectivity index (χ2v) is 6.76. The van der Waals surface area contributed by atoms with Gasteiger partial charge in [-0.2, -0.15) is 0 Å². The highest BCUT2D eigenvalue weighted by atomic mass is 35.5. The molecule has 2 rings (SSSR count). The number of nitrogens with two attached hydrogens (primary N) is 1. The smallest absolute Gasteiger partial charge is 0.252 e. The summed E-state index contributed by atoms with van der Waals surface area (Å²) in [5.74, 6) is -1.18. The Balaban J connectivity index is 2.24. The van der Waals surface area contributed by atoms with E-state index in [0.717, 1.165) is 25.3 Å². The van der Waals surface area contributed by atoms with Crippen LogP contribution in [0.3, 0.4) is 0 Å². The van der Waals surface area contributed by atoms with Crippen LogP contribution in [0.1, 0.15) is 29.6 Å². The number of sulfonamides is 1. The van der Waals surface area contributed by atoms with Gasteiger partial charge in [-0.3, -0.25) is 4.79 Å². The minimum absolute atomic E-state index is 0.227. The van der Waals surface area contributed by atoms with E-state index >= 15 is 0 Å². The van der Waals surface area contributed by atoms with Gasteiger partial charge in [0.15, 0.2) is 0 Å². The van der Waals surface area contributed by atoms with Gasteiger partial charge in [0.05, 0.1) is 15.5 Å². The van der Waals surface area contributed by atoms with Crippen molar-refractivity contribution < 1.29 is 17.6 Å². The third-order valence-electron chi connectivity index (χ3n) is 3.35. The van der Waals surface area contributed by atoms with Crippen LogP contribution in [0, 0.1) is 11.7 Å². The highest BCUT2D eigenvalue weighted by Gasteiger charge is 2.22. The number of amides is 1. The van der Waals surface area contributed by atoms with Gasteiger partial charge in [-0.1, -0.05) is 18.0 Å². The molecule has 0 spiro atoms. The molecule has 0 atom stereocenters. The monoisotopic (exact) mass is 320 g/mol. The van der Waals surface area contributed by atoms with Crippen molar-refractivity contribution in [3.05, 3.63) is 28.5 Å². The van der Waals surface area contributed by atoms with Gasteiger partial charge in [-0.15, -0.1) is 0 Å². The number of hydrogen-bond donors (Lipinski definition) is 2. The lowest BCUT2D eigenvalue weighted by atomic mass is 9.85. The number of carbonyl (C=O) groups is 1. The molecule has 3 N–H and O–H groups in total. The molecule has 1 aromatic carbocycles. The molecular weight excluding hydrogens is 307 g/mol. The van der Waals surface area contributed by atoms with Crippen molar-refractivity contribution in [3.8, 4) is 0 Å². The van der Waals surface area contributed by atoms with E-state index in [-0.39, 0.29) is 5.56 Å². The van der Waals surface area contributed by atoms with E-state index in [1.807, 2.05) is 0 Å². The van der Waals surface area contributed by atoms with Gasteiger partial charge in [0.2, 0.25) is 10.0 Å². The van der Waals surface area contributed by atoms with E-state index in [4.69, 9.17) is 16.7 Å². The third kappa shape index (κ3) is 3.28. The molecule has 0 aromatic heterocycles. The van der Waals surface area contributed by atoms with E-state index in [9.17, 15) is 17.6 Å². The van der Waals surface area contributed by atoms with Crippen LogP contribution in [-0.2, 0) is 10.0 Å². The molecule has 0 bridgehead atoms. The van der Waals surface area contributed by atoms with Gasteiger partial charge >= 0.3 is 0 Å². The van der Waals surface area contributed by atoms with Crippen molar-refractivity contribution in [1.29, 1.82) is 0 Å². The van der Waals surface area contributed by atoms with Crippen LogP contribution < -0.4 is 10.5 Å². The first-order valence-corrected chi connectivity index (χ1v) is 8.01. The zero-order chi connectivity index (χ0) is 14.9. The van der Waals surface area contributed by atoms with Crippen LogP contribution in [-0.4, -0.2) is 20.9 Å². The minimum Gasteiger partial charge on any atom is -0.352 e. The zero-order valence-corrected chi connectivity index (χ0v) is 12.1. The normalized spacial score (nSPS) is 15.8. The fourth-order valence-corrected chi connectivity index (χ4v) is 2.67. The van der Waals surface area contributed by atoms with Crippen LogP contribution in [0.5, 0.6) is 0 Å². The molecule has 0 saturated heterocycles. The minimum atomic E-state index is -4.10. The third-order valence-corrected chi connectivity index (χ3v) is 4.63. The fourth-order valence-electron chi connectivity index (χ4n) is 1.92. The maximum absolute atomic E-state index is 13.6. The highest BCUT2D eigenvalue weighted by Crippen LogP contribution is 2.26. The van der Waals surface area contributed by atoms with Crippen molar-refractivity contribution in [3.63, 3.8) is 0 Å². The zero-order valence-electron chi connectivity index (χ0n) is 10.5. The Hall–Kier alpha value is -1.18. The topological polar surface area (TPSA) is 89.3 Å². The first-order chi connectivity index (χ1) is 9.29. The summed E-state index contributed by atoms with van der Waals surface area (Å²) in [4.78, 5) is 11.5. The Labute approximate surface area is 121 Å². The van der Waals surface area contributed by atoms with Gasteiger partial charge in [0.25, 0.3) is 5.91 Å². The van der Waals surface area contributed by atoms with Crippen LogP contribution in [0.2, 0.25) is 5.02 Å². The van der Waals surface area contributed by atoms with E-state index in [2.05, 4.69) is 5.32 Å². The predicted octanol–water partition coefficient (Wildman–Crippen LogP) is 1.66. The predicted molar refractivity (Wildman–Crippen MR) is 72.5 cm³/mol. The van der Waals surface area contributed by atoms with Crippen LogP contribution in [0.15, 0.2) is 17.0 Å². The molecule has 20 heavy (non-hydrogen) atoms. The summed E-state index contributed by atoms with van der Waals surface area (Å²) in [6, 6.07) is 1.68. The molecule has 1 aromatic rings. The van der Waals surface area contributed by atoms with Crippen molar-refractivity contribution in [2.45, 2.75) is 24.2 Å². The molecule has 5 nitrogen and oxygen atoms in total. The van der Waals surface area contributed by atoms with Crippen molar-refractivity contribution >= 4 is 27.5 Å². The van der Waals surface area contributed by atoms with E-state index in [0.29, 0.717) is 18.5 Å². The van der Waals surface area contributed by atoms with Crippen molar-refractivity contribution in [2.75, 3.05) is 6.54 Å². The average molecular weight is 321 g/mol. The second kappa shape index (κ2) is 5.67. The standard InChI is InChI=1S/C12H14ClFN2O3S/c13-11-9(12(17)16-6-7-2-1-3-7)4-8(5-10(11)14)20(15,18)19/h4-5,7H,1-3,6H2,(H,16,17)(H2,15,18,19). The van der Waals surface area contributed by atoms with Gasteiger partial charge in [-0.25, -0.2) is 17.9 Å². The van der Waals surface area contributed by atoms with E-state index in [1.165, 1.54) is 0 Å². The summed E-state index contributed by atoms with van der Waals surface area (Å²) in [7, 11) is -4.10. The Morgan fingerprint density at radius 2 is 2.10 bits per heavy atom.